The Balaban J connectivity index is 1.79. The van der Waals surface area contributed by atoms with Crippen LogP contribution in [0.3, 0.4) is 0 Å². The van der Waals surface area contributed by atoms with Crippen molar-refractivity contribution >= 4 is 46.4 Å². The van der Waals surface area contributed by atoms with Crippen LogP contribution in [0.5, 0.6) is 0 Å². The van der Waals surface area contributed by atoms with Gasteiger partial charge >= 0.3 is 5.11 Å². The fraction of sp³-hybridized carbons (Fsp3) is 0.429. The molecule has 1 spiro atoms. The molecule has 3 nitrogen and oxygen atoms in total. The van der Waals surface area contributed by atoms with Crippen LogP contribution in [0.4, 0.5) is 0 Å². The molecular weight excluding hydrogens is 313 g/mol. The molecule has 2 aliphatic heterocycles. The van der Waals surface area contributed by atoms with Crippen molar-refractivity contribution in [2.24, 2.45) is 5.10 Å². The van der Waals surface area contributed by atoms with Crippen molar-refractivity contribution < 1.29 is 4.59 Å². The summed E-state index contributed by atoms with van der Waals surface area (Å²) in [6, 6.07) is 5.68. The Morgan fingerprint density at radius 3 is 2.60 bits per heavy atom. The number of amidine groups is 1. The van der Waals surface area contributed by atoms with Gasteiger partial charge in [0.2, 0.25) is 0 Å². The molecule has 20 heavy (non-hydrogen) atoms. The van der Waals surface area contributed by atoms with E-state index in [4.69, 9.17) is 40.5 Å². The molecule has 0 atom stereocenters. The number of piperidine rings is 1. The molecule has 0 unspecified atom stereocenters. The average Bonchev–Trinajstić information content (AvgIpc) is 2.71. The first kappa shape index (κ1) is 14.3. The lowest BCUT2D eigenvalue weighted by Gasteiger charge is -2.30. The lowest BCUT2D eigenvalue weighted by atomic mass is 10.1. The van der Waals surface area contributed by atoms with Crippen molar-refractivity contribution in [3.05, 3.63) is 33.8 Å². The molecule has 6 heteroatoms. The number of nitrogens with zero attached hydrogens (tertiary/aromatic N) is 2. The van der Waals surface area contributed by atoms with Gasteiger partial charge in [-0.05, 0) is 37.0 Å². The molecule has 1 fully saturated rings. The van der Waals surface area contributed by atoms with E-state index in [0.717, 1.165) is 29.6 Å². The quantitative estimate of drug-likeness (QED) is 0.660. The topological polar surface area (TPSA) is 24.4 Å². The molecule has 0 radical (unpaired) electrons. The second-order valence-electron chi connectivity index (χ2n) is 5.33. The van der Waals surface area contributed by atoms with Crippen LogP contribution in [0.2, 0.25) is 10.0 Å². The minimum Gasteiger partial charge on any atom is -0.282 e. The summed E-state index contributed by atoms with van der Waals surface area (Å²) >= 11 is 17.5. The van der Waals surface area contributed by atoms with Crippen LogP contribution in [0.25, 0.3) is 0 Å². The molecule has 2 heterocycles. The van der Waals surface area contributed by atoms with Crippen molar-refractivity contribution in [3.63, 3.8) is 0 Å². The number of nitrogens with one attached hydrogen (secondary N) is 1. The molecule has 106 valence electrons. The number of rotatable bonds is 2. The smallest absolute Gasteiger partial charge is 0.282 e. The standard InChI is InChI=1S/C14H15Cl2N3S/c15-11-5-4-10(8-12(11)16)9-13-17-14(20)19(18-13)6-2-1-3-7-19/h4-5,8H,1-3,6-7,9H2/p+1. The highest BCUT2D eigenvalue weighted by Crippen LogP contribution is 2.26. The minimum atomic E-state index is 0.576. The first-order valence-corrected chi connectivity index (χ1v) is 7.97. The summed E-state index contributed by atoms with van der Waals surface area (Å²) in [6.07, 6.45) is 4.36. The Morgan fingerprint density at radius 1 is 1.15 bits per heavy atom. The Bertz CT molecular complexity index is 580. The average molecular weight is 329 g/mol. The first-order valence-electron chi connectivity index (χ1n) is 6.81. The van der Waals surface area contributed by atoms with Gasteiger partial charge in [-0.1, -0.05) is 34.4 Å². The Kier molecular flexibility index (Phi) is 4.00. The highest BCUT2D eigenvalue weighted by Gasteiger charge is 2.41. The third kappa shape index (κ3) is 2.70. The maximum absolute atomic E-state index is 6.05. The first-order chi connectivity index (χ1) is 9.59. The zero-order valence-electron chi connectivity index (χ0n) is 11.0. The summed E-state index contributed by atoms with van der Waals surface area (Å²) in [5, 5.41) is 10.1. The van der Waals surface area contributed by atoms with Crippen molar-refractivity contribution in [2.45, 2.75) is 25.7 Å². The molecule has 1 saturated heterocycles. The normalized spacial score (nSPS) is 20.9. The van der Waals surface area contributed by atoms with E-state index in [1.807, 2.05) is 18.2 Å². The van der Waals surface area contributed by atoms with E-state index in [9.17, 15) is 0 Å². The van der Waals surface area contributed by atoms with Crippen LogP contribution in [-0.2, 0) is 6.42 Å². The molecule has 0 aliphatic carbocycles. The molecule has 0 aromatic heterocycles. The van der Waals surface area contributed by atoms with Gasteiger partial charge in [0.1, 0.15) is 13.1 Å². The maximum Gasteiger partial charge on any atom is 0.302 e. The predicted octanol–water partition coefficient (Wildman–Crippen LogP) is 3.74. The number of thiocarbonyl (C=S) groups is 1. The van der Waals surface area contributed by atoms with E-state index in [2.05, 4.69) is 5.32 Å². The van der Waals surface area contributed by atoms with E-state index in [1.165, 1.54) is 19.3 Å². The van der Waals surface area contributed by atoms with Gasteiger partial charge in [-0.3, -0.25) is 5.32 Å². The van der Waals surface area contributed by atoms with Crippen LogP contribution in [0, 0.1) is 0 Å². The second-order valence-corrected chi connectivity index (χ2v) is 6.53. The van der Waals surface area contributed by atoms with Crippen LogP contribution in [0.1, 0.15) is 24.8 Å². The number of hydrogen-bond acceptors (Lipinski definition) is 2. The number of benzene rings is 1. The number of halogens is 2. The Hall–Kier alpha value is -0.680. The number of quaternary nitrogens is 1. The zero-order chi connectivity index (χ0) is 14.2. The molecule has 1 aromatic rings. The summed E-state index contributed by atoms with van der Waals surface area (Å²) < 4.78 is 0.589. The van der Waals surface area contributed by atoms with Crippen molar-refractivity contribution in [2.75, 3.05) is 13.1 Å². The van der Waals surface area contributed by atoms with E-state index < -0.39 is 0 Å². The summed E-state index contributed by atoms with van der Waals surface area (Å²) in [5.41, 5.74) is 1.09. The third-order valence-electron chi connectivity index (χ3n) is 3.85. The van der Waals surface area contributed by atoms with Gasteiger partial charge in [0.25, 0.3) is 0 Å². The van der Waals surface area contributed by atoms with Gasteiger partial charge in [0.15, 0.2) is 5.84 Å². The van der Waals surface area contributed by atoms with E-state index in [1.54, 1.807) is 0 Å². The summed E-state index contributed by atoms with van der Waals surface area (Å²) in [5.74, 6) is 0.926. The van der Waals surface area contributed by atoms with E-state index in [-0.39, 0.29) is 0 Å². The molecule has 3 rings (SSSR count). The van der Waals surface area contributed by atoms with Gasteiger partial charge in [-0.25, -0.2) is 0 Å². The molecule has 0 amide bonds. The van der Waals surface area contributed by atoms with Crippen LogP contribution < -0.4 is 5.32 Å². The fourth-order valence-electron chi connectivity index (χ4n) is 2.79. The fourth-order valence-corrected chi connectivity index (χ4v) is 3.45. The lowest BCUT2D eigenvalue weighted by Crippen LogP contribution is -2.51. The lowest BCUT2D eigenvalue weighted by molar-refractivity contribution is -0.849. The molecule has 1 N–H and O–H groups in total. The van der Waals surface area contributed by atoms with Crippen LogP contribution in [0.15, 0.2) is 23.3 Å². The Labute approximate surface area is 134 Å². The van der Waals surface area contributed by atoms with E-state index in [0.29, 0.717) is 21.1 Å². The summed E-state index contributed by atoms with van der Waals surface area (Å²) in [6.45, 7) is 2.02. The van der Waals surface area contributed by atoms with Crippen LogP contribution >= 0.6 is 35.4 Å². The minimum absolute atomic E-state index is 0.576. The number of hydrogen-bond donors (Lipinski definition) is 1. The molecule has 1 aromatic carbocycles. The van der Waals surface area contributed by atoms with E-state index >= 15 is 0 Å². The Morgan fingerprint density at radius 2 is 1.90 bits per heavy atom. The van der Waals surface area contributed by atoms with Gasteiger partial charge in [0.05, 0.1) is 10.0 Å². The predicted molar refractivity (Wildman–Crippen MR) is 87.2 cm³/mol. The van der Waals surface area contributed by atoms with Crippen LogP contribution in [-0.4, -0.2) is 28.6 Å². The third-order valence-corrected chi connectivity index (χ3v) is 5.03. The molecule has 0 saturated carbocycles. The molecule has 2 aliphatic rings. The molecule has 0 bridgehead atoms. The van der Waals surface area contributed by atoms with Gasteiger partial charge < -0.3 is 0 Å². The van der Waals surface area contributed by atoms with Gasteiger partial charge in [-0.15, -0.1) is 4.59 Å². The summed E-state index contributed by atoms with van der Waals surface area (Å²) in [4.78, 5) is 0. The monoisotopic (exact) mass is 328 g/mol. The van der Waals surface area contributed by atoms with Gasteiger partial charge in [-0.2, -0.15) is 0 Å². The highest BCUT2D eigenvalue weighted by atomic mass is 35.5. The zero-order valence-corrected chi connectivity index (χ0v) is 13.4. The molecular formula is C14H16Cl2N3S+. The van der Waals surface area contributed by atoms with Crippen molar-refractivity contribution in [3.8, 4) is 0 Å². The maximum atomic E-state index is 6.05. The van der Waals surface area contributed by atoms with Crippen molar-refractivity contribution in [1.82, 2.24) is 5.32 Å². The second kappa shape index (κ2) is 5.60. The van der Waals surface area contributed by atoms with Crippen molar-refractivity contribution in [1.29, 1.82) is 0 Å². The van der Waals surface area contributed by atoms with Gasteiger partial charge in [0, 0.05) is 18.6 Å². The highest BCUT2D eigenvalue weighted by molar-refractivity contribution is 7.80. The SMILES string of the molecule is S=C1NC(Cc2ccc(Cl)c(Cl)c2)=N[N+]12CCCCC2. The largest absolute Gasteiger partial charge is 0.302 e. The summed E-state index contributed by atoms with van der Waals surface area (Å²) in [7, 11) is 0.